The summed E-state index contributed by atoms with van der Waals surface area (Å²) in [5.74, 6) is -2.74. The monoisotopic (exact) mass is 629 g/mol. The fourth-order valence-corrected chi connectivity index (χ4v) is 7.16. The molecule has 2 saturated heterocycles. The van der Waals surface area contributed by atoms with Crippen molar-refractivity contribution in [1.82, 2.24) is 14.5 Å². The van der Waals surface area contributed by atoms with Gasteiger partial charge in [-0.05, 0) is 56.8 Å². The highest BCUT2D eigenvalue weighted by atomic mass is 32.2. The molecule has 3 aliphatic heterocycles. The molecule has 0 unspecified atom stereocenters. The molecule has 1 atom stereocenters. The summed E-state index contributed by atoms with van der Waals surface area (Å²) < 4.78 is 54.9. The van der Waals surface area contributed by atoms with Gasteiger partial charge in [0.15, 0.2) is 5.78 Å². The lowest BCUT2D eigenvalue weighted by Crippen LogP contribution is -2.44. The van der Waals surface area contributed by atoms with Gasteiger partial charge in [-0.3, -0.25) is 9.59 Å². The number of carbonyl (C=O) groups is 2. The fraction of sp³-hybridized carbons (Fsp3) is 0.433. The van der Waals surface area contributed by atoms with E-state index in [1.54, 1.807) is 12.1 Å². The number of piperazine rings is 1. The molecule has 3 aliphatic rings. The van der Waals surface area contributed by atoms with E-state index in [1.807, 2.05) is 6.07 Å². The van der Waals surface area contributed by atoms with Crippen LogP contribution in [0.1, 0.15) is 36.0 Å². The average Bonchev–Trinajstić information content (AvgIpc) is 3.52. The zero-order valence-corrected chi connectivity index (χ0v) is 25.4. The molecule has 0 saturated carbocycles. The molecule has 2 aromatic rings. The number of rotatable bonds is 9. The standard InChI is InChI=1S/C30H37F2N7O4S/c1-37-9-11-38(12-10-37)21-4-5-23(28(16-21)36-30(41)27-3-2-7-35-27)29(40)17-26(34)24-18-39(8-6-25(24)33)44(42,43)22-14-19(31)13-20(32)15-22/h4-5,13-16,27,34-35H,2-3,6-12,17-18,33H2,1H3,(H,36,41)/t27-/m1/s1. The highest BCUT2D eigenvalue weighted by Crippen LogP contribution is 2.29. The Hall–Kier alpha value is -3.72. The zero-order chi connectivity index (χ0) is 31.6. The van der Waals surface area contributed by atoms with Crippen LogP contribution in [0.3, 0.4) is 0 Å². The van der Waals surface area contributed by atoms with E-state index < -0.39 is 38.8 Å². The van der Waals surface area contributed by atoms with Crippen molar-refractivity contribution in [2.45, 2.75) is 36.6 Å². The quantitative estimate of drug-likeness (QED) is 0.244. The van der Waals surface area contributed by atoms with Crippen LogP contribution >= 0.6 is 0 Å². The Morgan fingerprint density at radius 2 is 1.77 bits per heavy atom. The third-order valence-corrected chi connectivity index (χ3v) is 10.2. The van der Waals surface area contributed by atoms with Gasteiger partial charge in [-0.2, -0.15) is 4.31 Å². The summed E-state index contributed by atoms with van der Waals surface area (Å²) in [5, 5.41) is 14.8. The van der Waals surface area contributed by atoms with Crippen molar-refractivity contribution in [1.29, 1.82) is 5.41 Å². The lowest BCUT2D eigenvalue weighted by molar-refractivity contribution is -0.117. The Balaban J connectivity index is 1.35. The summed E-state index contributed by atoms with van der Waals surface area (Å²) in [6, 6.07) is 6.94. The zero-order valence-electron chi connectivity index (χ0n) is 24.5. The first-order chi connectivity index (χ1) is 20.9. The van der Waals surface area contributed by atoms with Crippen molar-refractivity contribution >= 4 is 38.8 Å². The highest BCUT2D eigenvalue weighted by Gasteiger charge is 2.32. The summed E-state index contributed by atoms with van der Waals surface area (Å²) in [4.78, 5) is 30.5. The maximum absolute atomic E-state index is 13.8. The maximum atomic E-state index is 13.8. The second kappa shape index (κ2) is 13.1. The van der Waals surface area contributed by atoms with Gasteiger partial charge in [0, 0.05) is 80.0 Å². The largest absolute Gasteiger partial charge is 0.402 e. The Kier molecular flexibility index (Phi) is 9.44. The lowest BCUT2D eigenvalue weighted by Gasteiger charge is -2.34. The van der Waals surface area contributed by atoms with Gasteiger partial charge in [0.25, 0.3) is 0 Å². The SMILES string of the molecule is CN1CCN(c2ccc(C(=O)CC(=N)C3=C(N)CCN(S(=O)(=O)c4cc(F)cc(F)c4)C3)c(NC(=O)[C@H]3CCCN3)c2)CC1. The van der Waals surface area contributed by atoms with Gasteiger partial charge in [-0.25, -0.2) is 17.2 Å². The number of ketones is 1. The number of nitrogens with two attached hydrogens (primary N) is 1. The van der Waals surface area contributed by atoms with Crippen LogP contribution in [0.25, 0.3) is 0 Å². The van der Waals surface area contributed by atoms with Gasteiger partial charge in [0.1, 0.15) is 11.6 Å². The fourth-order valence-electron chi connectivity index (χ4n) is 5.70. The van der Waals surface area contributed by atoms with Crippen LogP contribution in [-0.2, 0) is 14.8 Å². The summed E-state index contributed by atoms with van der Waals surface area (Å²) in [6.45, 7) is 3.71. The van der Waals surface area contributed by atoms with Crippen molar-refractivity contribution in [3.63, 3.8) is 0 Å². The van der Waals surface area contributed by atoms with E-state index in [1.165, 1.54) is 0 Å². The van der Waals surface area contributed by atoms with Crippen molar-refractivity contribution in [3.05, 3.63) is 64.9 Å². The van der Waals surface area contributed by atoms with Crippen molar-refractivity contribution in [3.8, 4) is 0 Å². The van der Waals surface area contributed by atoms with Crippen LogP contribution in [0.4, 0.5) is 20.2 Å². The number of amides is 1. The van der Waals surface area contributed by atoms with E-state index in [4.69, 9.17) is 11.1 Å². The van der Waals surface area contributed by atoms with Gasteiger partial charge in [0.2, 0.25) is 15.9 Å². The second-order valence-electron chi connectivity index (χ2n) is 11.4. The van der Waals surface area contributed by atoms with E-state index in [9.17, 15) is 26.8 Å². The number of hydrogen-bond donors (Lipinski definition) is 4. The minimum Gasteiger partial charge on any atom is -0.402 e. The van der Waals surface area contributed by atoms with Gasteiger partial charge < -0.3 is 31.6 Å². The van der Waals surface area contributed by atoms with Crippen LogP contribution in [0.2, 0.25) is 0 Å². The van der Waals surface area contributed by atoms with E-state index >= 15 is 0 Å². The molecule has 2 fully saturated rings. The smallest absolute Gasteiger partial charge is 0.243 e. The van der Waals surface area contributed by atoms with Gasteiger partial charge in [0.05, 0.1) is 23.0 Å². The first kappa shape index (κ1) is 31.7. The lowest BCUT2D eigenvalue weighted by atomic mass is 9.96. The molecule has 5 rings (SSSR count). The molecule has 3 heterocycles. The molecule has 11 nitrogen and oxygen atoms in total. The normalized spacial score (nSPS) is 20.2. The molecule has 0 radical (unpaired) electrons. The minimum atomic E-state index is -4.30. The van der Waals surface area contributed by atoms with Crippen LogP contribution < -0.4 is 21.3 Å². The Morgan fingerprint density at radius 1 is 1.07 bits per heavy atom. The summed E-state index contributed by atoms with van der Waals surface area (Å²) in [7, 11) is -2.25. The van der Waals surface area contributed by atoms with Crippen molar-refractivity contribution in [2.24, 2.45) is 5.73 Å². The molecule has 1 amide bonds. The molecule has 2 aromatic carbocycles. The Morgan fingerprint density at radius 3 is 2.43 bits per heavy atom. The van der Waals surface area contributed by atoms with Crippen LogP contribution in [-0.4, -0.2) is 93.9 Å². The molecule has 0 bridgehead atoms. The van der Waals surface area contributed by atoms with Crippen LogP contribution in [0.5, 0.6) is 0 Å². The van der Waals surface area contributed by atoms with Crippen molar-refractivity contribution in [2.75, 3.05) is 63.1 Å². The number of carbonyl (C=O) groups excluding carboxylic acids is 2. The summed E-state index contributed by atoms with van der Waals surface area (Å²) >= 11 is 0. The van der Waals surface area contributed by atoms with Crippen LogP contribution in [0.15, 0.2) is 52.6 Å². The molecule has 0 aliphatic carbocycles. The van der Waals surface area contributed by atoms with Crippen LogP contribution in [0, 0.1) is 17.0 Å². The Bertz CT molecular complexity index is 1580. The molecule has 236 valence electrons. The number of nitrogens with zero attached hydrogens (tertiary/aromatic N) is 3. The van der Waals surface area contributed by atoms with Gasteiger partial charge in [-0.1, -0.05) is 0 Å². The predicted molar refractivity (Wildman–Crippen MR) is 163 cm³/mol. The first-order valence-electron chi connectivity index (χ1n) is 14.6. The third-order valence-electron chi connectivity index (χ3n) is 8.33. The van der Waals surface area contributed by atoms with E-state index in [-0.39, 0.29) is 54.0 Å². The number of halogens is 2. The number of Topliss-reactive ketones (excluding diaryl/α,β-unsaturated/α-hetero) is 1. The molecule has 44 heavy (non-hydrogen) atoms. The van der Waals surface area contributed by atoms with Gasteiger partial charge in [-0.15, -0.1) is 0 Å². The minimum absolute atomic E-state index is 0.0455. The topological polar surface area (TPSA) is 152 Å². The predicted octanol–water partition coefficient (Wildman–Crippen LogP) is 2.31. The number of anilines is 2. The summed E-state index contributed by atoms with van der Waals surface area (Å²) in [5.41, 5.74) is 7.89. The number of likely N-dealkylation sites (N-methyl/N-ethyl adjacent to an activating group) is 1. The number of benzene rings is 2. The van der Waals surface area contributed by atoms with Gasteiger partial charge >= 0.3 is 0 Å². The molecule has 5 N–H and O–H groups in total. The van der Waals surface area contributed by atoms with Crippen molar-refractivity contribution < 1.29 is 26.8 Å². The van der Waals surface area contributed by atoms with E-state index in [0.29, 0.717) is 18.2 Å². The number of sulfonamides is 1. The summed E-state index contributed by atoms with van der Waals surface area (Å²) in [6.07, 6.45) is 1.25. The maximum Gasteiger partial charge on any atom is 0.243 e. The number of hydrogen-bond acceptors (Lipinski definition) is 9. The average molecular weight is 630 g/mol. The Labute approximate surface area is 255 Å². The molecule has 14 heteroatoms. The second-order valence-corrected chi connectivity index (χ2v) is 13.4. The highest BCUT2D eigenvalue weighted by molar-refractivity contribution is 7.89. The third kappa shape index (κ3) is 6.98. The van der Waals surface area contributed by atoms with E-state index in [2.05, 4.69) is 27.5 Å². The molecule has 0 aromatic heterocycles. The molecule has 0 spiro atoms. The molecular weight excluding hydrogens is 592 g/mol. The first-order valence-corrected chi connectivity index (χ1v) is 16.0. The molecular formula is C30H37F2N7O4S. The number of nitrogens with one attached hydrogen (secondary N) is 3. The van der Waals surface area contributed by atoms with E-state index in [0.717, 1.165) is 61.3 Å².